The number of amidine groups is 1. The lowest BCUT2D eigenvalue weighted by atomic mass is 9.79. The molecule has 0 bridgehead atoms. The van der Waals surface area contributed by atoms with Crippen LogP contribution in [-0.4, -0.2) is 48.2 Å². The van der Waals surface area contributed by atoms with Gasteiger partial charge in [-0.1, -0.05) is 25.9 Å². The van der Waals surface area contributed by atoms with E-state index in [0.29, 0.717) is 26.0 Å². The molecular weight excluding hydrogens is 258 g/mol. The van der Waals surface area contributed by atoms with Crippen LogP contribution in [0, 0.1) is 5.41 Å². The number of amides is 1. The maximum absolute atomic E-state index is 12.9. The molecule has 6 nitrogen and oxygen atoms in total. The molecule has 0 radical (unpaired) electrons. The molecule has 0 aromatic heterocycles. The molecule has 20 heavy (non-hydrogen) atoms. The number of carbonyl (C=O) groups excluding carboxylic acids is 1. The summed E-state index contributed by atoms with van der Waals surface area (Å²) in [6, 6.07) is 0.0848. The van der Waals surface area contributed by atoms with Gasteiger partial charge in [0.05, 0.1) is 6.61 Å². The van der Waals surface area contributed by atoms with Gasteiger partial charge in [0, 0.05) is 19.7 Å². The predicted molar refractivity (Wildman–Crippen MR) is 79.8 cm³/mol. The lowest BCUT2D eigenvalue weighted by Gasteiger charge is -2.38. The quantitative estimate of drug-likeness (QED) is 0.293. The third-order valence-electron chi connectivity index (χ3n) is 4.13. The molecule has 0 aromatic carbocycles. The highest BCUT2D eigenvalue weighted by atomic mass is 16.5. The molecule has 0 fully saturated rings. The van der Waals surface area contributed by atoms with Crippen molar-refractivity contribution in [1.29, 1.82) is 0 Å². The van der Waals surface area contributed by atoms with E-state index in [1.165, 1.54) is 0 Å². The number of nitrogens with zero attached hydrogens (tertiary/aromatic N) is 2. The van der Waals surface area contributed by atoms with Crippen molar-refractivity contribution in [3.05, 3.63) is 0 Å². The summed E-state index contributed by atoms with van der Waals surface area (Å²) in [5.74, 6) is -0.109. The van der Waals surface area contributed by atoms with Gasteiger partial charge < -0.3 is 20.6 Å². The molecule has 0 aliphatic carbocycles. The van der Waals surface area contributed by atoms with Gasteiger partial charge in [0.1, 0.15) is 5.41 Å². The Balaban J connectivity index is 5.46. The Morgan fingerprint density at radius 2 is 1.95 bits per heavy atom. The molecule has 0 aliphatic heterocycles. The Morgan fingerprint density at radius 3 is 2.30 bits per heavy atom. The first-order chi connectivity index (χ1) is 9.44. The zero-order valence-electron chi connectivity index (χ0n) is 13.3. The van der Waals surface area contributed by atoms with Crippen molar-refractivity contribution in [2.45, 2.75) is 53.0 Å². The molecule has 0 aliphatic rings. The molecule has 0 rings (SSSR count). The van der Waals surface area contributed by atoms with Crippen molar-refractivity contribution in [1.82, 2.24) is 4.90 Å². The summed E-state index contributed by atoms with van der Waals surface area (Å²) < 4.78 is 5.08. The largest absolute Gasteiger partial charge is 0.409 e. The fourth-order valence-corrected chi connectivity index (χ4v) is 2.33. The normalized spacial score (nSPS) is 14.2. The first kappa shape index (κ1) is 18.7. The van der Waals surface area contributed by atoms with Gasteiger partial charge in [0.15, 0.2) is 5.84 Å². The summed E-state index contributed by atoms with van der Waals surface area (Å²) in [7, 11) is 1.61. The fourth-order valence-electron chi connectivity index (χ4n) is 2.33. The van der Waals surface area contributed by atoms with Crippen molar-refractivity contribution in [2.24, 2.45) is 16.3 Å². The number of hydrogen-bond donors (Lipinski definition) is 2. The van der Waals surface area contributed by atoms with Gasteiger partial charge in [-0.25, -0.2) is 0 Å². The van der Waals surface area contributed by atoms with Crippen molar-refractivity contribution in [3.8, 4) is 0 Å². The van der Waals surface area contributed by atoms with Crippen LogP contribution in [-0.2, 0) is 9.53 Å². The SMILES string of the molecule is CCC(C)N(CCOC)C(=O)C(CC)(CC)C(N)=NO. The van der Waals surface area contributed by atoms with Crippen LogP contribution in [0.15, 0.2) is 5.16 Å². The third kappa shape index (κ3) is 3.85. The van der Waals surface area contributed by atoms with Gasteiger partial charge >= 0.3 is 0 Å². The molecule has 1 atom stereocenters. The zero-order chi connectivity index (χ0) is 15.8. The second-order valence-corrected chi connectivity index (χ2v) is 5.02. The summed E-state index contributed by atoms with van der Waals surface area (Å²) >= 11 is 0. The van der Waals surface area contributed by atoms with Crippen LogP contribution in [0.3, 0.4) is 0 Å². The minimum atomic E-state index is -0.939. The molecule has 118 valence electrons. The van der Waals surface area contributed by atoms with E-state index >= 15 is 0 Å². The lowest BCUT2D eigenvalue weighted by molar-refractivity contribution is -0.141. The van der Waals surface area contributed by atoms with Crippen molar-refractivity contribution < 1.29 is 14.7 Å². The molecule has 0 heterocycles. The number of rotatable bonds is 9. The number of oxime groups is 1. The number of hydrogen-bond acceptors (Lipinski definition) is 4. The third-order valence-corrected chi connectivity index (χ3v) is 4.13. The topological polar surface area (TPSA) is 88.2 Å². The second kappa shape index (κ2) is 8.79. The van der Waals surface area contributed by atoms with E-state index in [2.05, 4.69) is 5.16 Å². The smallest absolute Gasteiger partial charge is 0.236 e. The molecule has 1 unspecified atom stereocenters. The summed E-state index contributed by atoms with van der Waals surface area (Å²) in [5, 5.41) is 12.1. The Labute approximate surface area is 122 Å². The zero-order valence-corrected chi connectivity index (χ0v) is 13.3. The monoisotopic (exact) mass is 287 g/mol. The van der Waals surface area contributed by atoms with Gasteiger partial charge in [-0.2, -0.15) is 0 Å². The Bertz CT molecular complexity index is 328. The Morgan fingerprint density at radius 1 is 1.40 bits per heavy atom. The highest BCUT2D eigenvalue weighted by molar-refractivity contribution is 6.06. The van der Waals surface area contributed by atoms with E-state index in [0.717, 1.165) is 6.42 Å². The standard InChI is InChI=1S/C14H29N3O3/c1-6-11(4)17(9-10-20-5)13(18)14(7-2,8-3)12(15)16-19/h11,19H,6-10H2,1-5H3,(H2,15,16). The van der Waals surface area contributed by atoms with E-state index in [-0.39, 0.29) is 17.8 Å². The molecule has 0 spiro atoms. The highest BCUT2D eigenvalue weighted by Gasteiger charge is 2.43. The van der Waals surface area contributed by atoms with E-state index in [9.17, 15) is 4.79 Å². The number of carbonyl (C=O) groups is 1. The van der Waals surface area contributed by atoms with Crippen LogP contribution in [0.4, 0.5) is 0 Å². The van der Waals surface area contributed by atoms with Gasteiger partial charge in [-0.05, 0) is 26.2 Å². The fraction of sp³-hybridized carbons (Fsp3) is 0.857. The van der Waals surface area contributed by atoms with Crippen LogP contribution < -0.4 is 5.73 Å². The van der Waals surface area contributed by atoms with E-state index < -0.39 is 5.41 Å². The summed E-state index contributed by atoms with van der Waals surface area (Å²) in [6.07, 6.45) is 1.84. The summed E-state index contributed by atoms with van der Waals surface area (Å²) in [4.78, 5) is 14.7. The number of nitrogens with two attached hydrogens (primary N) is 1. The number of ether oxygens (including phenoxy) is 1. The minimum absolute atomic E-state index is 0.0155. The highest BCUT2D eigenvalue weighted by Crippen LogP contribution is 2.30. The van der Waals surface area contributed by atoms with Crippen LogP contribution in [0.1, 0.15) is 47.0 Å². The molecule has 0 saturated heterocycles. The molecule has 0 aromatic rings. The van der Waals surface area contributed by atoms with Crippen molar-refractivity contribution >= 4 is 11.7 Å². The molecule has 0 saturated carbocycles. The molecular formula is C14H29N3O3. The van der Waals surface area contributed by atoms with E-state index in [1.807, 2.05) is 27.7 Å². The van der Waals surface area contributed by atoms with Crippen molar-refractivity contribution in [3.63, 3.8) is 0 Å². The summed E-state index contributed by atoms with van der Waals surface area (Å²) in [5.41, 5.74) is 4.86. The van der Waals surface area contributed by atoms with Crippen LogP contribution in [0.2, 0.25) is 0 Å². The predicted octanol–water partition coefficient (Wildman–Crippen LogP) is 1.81. The van der Waals surface area contributed by atoms with Crippen molar-refractivity contribution in [2.75, 3.05) is 20.3 Å². The van der Waals surface area contributed by atoms with Gasteiger partial charge in [0.25, 0.3) is 0 Å². The number of methoxy groups -OCH3 is 1. The second-order valence-electron chi connectivity index (χ2n) is 5.02. The van der Waals surface area contributed by atoms with Crippen LogP contribution in [0.5, 0.6) is 0 Å². The van der Waals surface area contributed by atoms with Crippen LogP contribution in [0.25, 0.3) is 0 Å². The lowest BCUT2D eigenvalue weighted by Crippen LogP contribution is -2.54. The summed E-state index contributed by atoms with van der Waals surface area (Å²) in [6.45, 7) is 8.76. The van der Waals surface area contributed by atoms with Gasteiger partial charge in [-0.15, -0.1) is 0 Å². The van der Waals surface area contributed by atoms with E-state index in [1.54, 1.807) is 12.0 Å². The van der Waals surface area contributed by atoms with Crippen LogP contribution >= 0.6 is 0 Å². The molecule has 3 N–H and O–H groups in total. The molecule has 6 heteroatoms. The Hall–Kier alpha value is -1.30. The van der Waals surface area contributed by atoms with Gasteiger partial charge in [0.2, 0.25) is 5.91 Å². The maximum atomic E-state index is 12.9. The molecule has 1 amide bonds. The Kier molecular flexibility index (Phi) is 8.22. The first-order valence-electron chi connectivity index (χ1n) is 7.23. The first-order valence-corrected chi connectivity index (χ1v) is 7.23. The maximum Gasteiger partial charge on any atom is 0.236 e. The van der Waals surface area contributed by atoms with E-state index in [4.69, 9.17) is 15.7 Å². The van der Waals surface area contributed by atoms with Gasteiger partial charge in [-0.3, -0.25) is 4.79 Å². The average molecular weight is 287 g/mol. The minimum Gasteiger partial charge on any atom is -0.409 e. The average Bonchev–Trinajstić information content (AvgIpc) is 2.48.